The summed E-state index contributed by atoms with van der Waals surface area (Å²) in [6.07, 6.45) is 1.44. The van der Waals surface area contributed by atoms with Gasteiger partial charge < -0.3 is 19.7 Å². The van der Waals surface area contributed by atoms with Crippen LogP contribution >= 0.6 is 0 Å². The lowest BCUT2D eigenvalue weighted by molar-refractivity contribution is -0.136. The van der Waals surface area contributed by atoms with Crippen molar-refractivity contribution in [2.75, 3.05) is 33.2 Å². The Morgan fingerprint density at radius 2 is 1.85 bits per heavy atom. The molecular weight excluding hydrogens is 342 g/mol. The minimum atomic E-state index is -0.0277. The van der Waals surface area contributed by atoms with E-state index < -0.39 is 0 Å². The Kier molecular flexibility index (Phi) is 5.98. The number of benzene rings is 1. The number of aromatic nitrogens is 2. The Hall–Kier alpha value is -2.57. The summed E-state index contributed by atoms with van der Waals surface area (Å²) in [4.78, 5) is 38.5. The minimum Gasteiger partial charge on any atom is -0.340 e. The maximum absolute atomic E-state index is 12.8. The number of amides is 3. The smallest absolute Gasteiger partial charge is 0.319 e. The summed E-state index contributed by atoms with van der Waals surface area (Å²) in [5.41, 5.74) is 1.90. The molecule has 1 aromatic carbocycles. The van der Waals surface area contributed by atoms with Crippen molar-refractivity contribution in [3.63, 3.8) is 0 Å². The van der Waals surface area contributed by atoms with Gasteiger partial charge in [-0.25, -0.2) is 9.78 Å². The van der Waals surface area contributed by atoms with E-state index in [0.29, 0.717) is 32.7 Å². The molecule has 0 aliphatic carbocycles. The topological polar surface area (TPSA) is 72.5 Å². The summed E-state index contributed by atoms with van der Waals surface area (Å²) >= 11 is 0. The number of likely N-dealkylation sites (tertiary alicyclic amines) is 1. The largest absolute Gasteiger partial charge is 0.340 e. The lowest BCUT2D eigenvalue weighted by Crippen LogP contribution is -2.48. The van der Waals surface area contributed by atoms with Crippen LogP contribution in [-0.2, 0) is 11.3 Å². The lowest BCUT2D eigenvalue weighted by Gasteiger charge is -2.35. The van der Waals surface area contributed by atoms with Crippen LogP contribution in [0.3, 0.4) is 0 Å². The molecule has 3 amide bonds. The van der Waals surface area contributed by atoms with Crippen LogP contribution in [0, 0.1) is 5.92 Å². The summed E-state index contributed by atoms with van der Waals surface area (Å²) in [6, 6.07) is 7.94. The fourth-order valence-electron chi connectivity index (χ4n) is 3.71. The number of para-hydroxylation sites is 2. The Morgan fingerprint density at radius 1 is 1.19 bits per heavy atom. The van der Waals surface area contributed by atoms with Gasteiger partial charge in [-0.2, -0.15) is 0 Å². The predicted molar refractivity (Wildman–Crippen MR) is 105 cm³/mol. The molecule has 0 bridgehead atoms. The van der Waals surface area contributed by atoms with Gasteiger partial charge in [-0.05, 0) is 38.8 Å². The summed E-state index contributed by atoms with van der Waals surface area (Å²) in [5, 5.41) is 0. The number of nitrogens with zero attached hydrogens (tertiary/aromatic N) is 4. The molecule has 146 valence electrons. The summed E-state index contributed by atoms with van der Waals surface area (Å²) < 4.78 is 0. The van der Waals surface area contributed by atoms with E-state index in [0.717, 1.165) is 29.7 Å². The second kappa shape index (κ2) is 8.41. The molecule has 0 atom stereocenters. The Morgan fingerprint density at radius 3 is 2.48 bits per heavy atom. The van der Waals surface area contributed by atoms with E-state index in [2.05, 4.69) is 9.97 Å². The normalized spacial score (nSPS) is 15.1. The predicted octanol–water partition coefficient (Wildman–Crippen LogP) is 2.70. The average molecular weight is 371 g/mol. The highest BCUT2D eigenvalue weighted by atomic mass is 16.2. The summed E-state index contributed by atoms with van der Waals surface area (Å²) in [6.45, 7) is 7.17. The second-order valence-electron chi connectivity index (χ2n) is 7.11. The highest BCUT2D eigenvalue weighted by Crippen LogP contribution is 2.21. The third-order valence-corrected chi connectivity index (χ3v) is 5.35. The molecule has 27 heavy (non-hydrogen) atoms. The maximum atomic E-state index is 12.8. The number of fused-ring (bicyclic) bond motifs is 1. The zero-order valence-corrected chi connectivity index (χ0v) is 16.4. The summed E-state index contributed by atoms with van der Waals surface area (Å²) in [7, 11) is 1.82. The maximum Gasteiger partial charge on any atom is 0.319 e. The van der Waals surface area contributed by atoms with Gasteiger partial charge in [0, 0.05) is 39.1 Å². The van der Waals surface area contributed by atoms with Crippen LogP contribution < -0.4 is 0 Å². The molecule has 1 aromatic heterocycles. The molecule has 0 unspecified atom stereocenters. The van der Waals surface area contributed by atoms with E-state index in [4.69, 9.17) is 0 Å². The fourth-order valence-corrected chi connectivity index (χ4v) is 3.71. The van der Waals surface area contributed by atoms with Crippen molar-refractivity contribution in [1.82, 2.24) is 24.7 Å². The molecule has 2 heterocycles. The van der Waals surface area contributed by atoms with Crippen molar-refractivity contribution >= 4 is 23.0 Å². The van der Waals surface area contributed by atoms with Gasteiger partial charge in [-0.3, -0.25) is 4.79 Å². The number of carbonyl (C=O) groups is 2. The number of hydrogen-bond donors (Lipinski definition) is 1. The Balaban J connectivity index is 1.54. The van der Waals surface area contributed by atoms with E-state index in [1.807, 2.05) is 55.0 Å². The SMILES string of the molecule is CCN(CC)C(=O)N1CCC(C(=O)N(C)Cc2nc3ccccc3[nH]2)CC1. The van der Waals surface area contributed by atoms with Gasteiger partial charge >= 0.3 is 6.03 Å². The molecule has 1 saturated heterocycles. The van der Waals surface area contributed by atoms with Crippen molar-refractivity contribution in [1.29, 1.82) is 0 Å². The third-order valence-electron chi connectivity index (χ3n) is 5.35. The van der Waals surface area contributed by atoms with Crippen molar-refractivity contribution in [2.45, 2.75) is 33.2 Å². The first-order chi connectivity index (χ1) is 13.0. The van der Waals surface area contributed by atoms with Crippen molar-refractivity contribution in [3.8, 4) is 0 Å². The lowest BCUT2D eigenvalue weighted by atomic mass is 9.95. The third kappa shape index (κ3) is 4.23. The Labute approximate surface area is 160 Å². The number of imidazole rings is 1. The molecule has 7 nitrogen and oxygen atoms in total. The number of H-pyrrole nitrogens is 1. The van der Waals surface area contributed by atoms with Crippen LogP contribution in [0.2, 0.25) is 0 Å². The van der Waals surface area contributed by atoms with E-state index in [1.165, 1.54) is 0 Å². The zero-order valence-electron chi connectivity index (χ0n) is 16.4. The molecule has 1 N–H and O–H groups in total. The molecule has 3 rings (SSSR count). The van der Waals surface area contributed by atoms with Gasteiger partial charge in [0.05, 0.1) is 17.6 Å². The highest BCUT2D eigenvalue weighted by molar-refractivity contribution is 5.80. The zero-order chi connectivity index (χ0) is 19.4. The van der Waals surface area contributed by atoms with Gasteiger partial charge in [0.15, 0.2) is 0 Å². The number of urea groups is 1. The van der Waals surface area contributed by atoms with Crippen LogP contribution in [0.5, 0.6) is 0 Å². The van der Waals surface area contributed by atoms with E-state index in [1.54, 1.807) is 4.90 Å². The van der Waals surface area contributed by atoms with Crippen LogP contribution in [0.25, 0.3) is 11.0 Å². The molecule has 0 saturated carbocycles. The van der Waals surface area contributed by atoms with E-state index in [9.17, 15) is 9.59 Å². The van der Waals surface area contributed by atoms with Gasteiger partial charge in [-0.1, -0.05) is 12.1 Å². The van der Waals surface area contributed by atoms with Crippen molar-refractivity contribution in [2.24, 2.45) is 5.92 Å². The average Bonchev–Trinajstić information content (AvgIpc) is 3.10. The number of rotatable bonds is 5. The molecule has 2 aromatic rings. The Bertz CT molecular complexity index is 758. The number of nitrogens with one attached hydrogen (secondary N) is 1. The number of piperidine rings is 1. The van der Waals surface area contributed by atoms with Crippen LogP contribution in [-0.4, -0.2) is 69.8 Å². The first-order valence-corrected chi connectivity index (χ1v) is 9.75. The first kappa shape index (κ1) is 19.2. The molecule has 1 aliphatic rings. The monoisotopic (exact) mass is 371 g/mol. The minimum absolute atomic E-state index is 0.0277. The molecule has 7 heteroatoms. The first-order valence-electron chi connectivity index (χ1n) is 9.75. The van der Waals surface area contributed by atoms with Gasteiger partial charge in [0.1, 0.15) is 5.82 Å². The highest BCUT2D eigenvalue weighted by Gasteiger charge is 2.30. The van der Waals surface area contributed by atoms with Crippen molar-refractivity contribution < 1.29 is 9.59 Å². The number of aromatic amines is 1. The van der Waals surface area contributed by atoms with Crippen LogP contribution in [0.4, 0.5) is 4.79 Å². The van der Waals surface area contributed by atoms with Crippen molar-refractivity contribution in [3.05, 3.63) is 30.1 Å². The quantitative estimate of drug-likeness (QED) is 0.878. The van der Waals surface area contributed by atoms with E-state index >= 15 is 0 Å². The van der Waals surface area contributed by atoms with Gasteiger partial charge in [-0.15, -0.1) is 0 Å². The number of hydrogen-bond acceptors (Lipinski definition) is 3. The van der Waals surface area contributed by atoms with E-state index in [-0.39, 0.29) is 17.9 Å². The molecule has 0 radical (unpaired) electrons. The molecular formula is C20H29N5O2. The van der Waals surface area contributed by atoms with Crippen LogP contribution in [0.15, 0.2) is 24.3 Å². The summed E-state index contributed by atoms with van der Waals surface area (Å²) in [5.74, 6) is 0.895. The fraction of sp³-hybridized carbons (Fsp3) is 0.550. The van der Waals surface area contributed by atoms with Crippen LogP contribution in [0.1, 0.15) is 32.5 Å². The molecule has 0 spiro atoms. The number of carbonyl (C=O) groups excluding carboxylic acids is 2. The standard InChI is InChI=1S/C20H29N5O2/c1-4-24(5-2)20(27)25-12-10-15(11-13-25)19(26)23(3)14-18-21-16-8-6-7-9-17(16)22-18/h6-9,15H,4-5,10-14H2,1-3H3,(H,21,22). The molecule has 1 aliphatic heterocycles. The second-order valence-corrected chi connectivity index (χ2v) is 7.11. The van der Waals surface area contributed by atoms with Gasteiger partial charge in [0.2, 0.25) is 5.91 Å². The van der Waals surface area contributed by atoms with Gasteiger partial charge in [0.25, 0.3) is 0 Å². The molecule has 1 fully saturated rings.